The fourth-order valence-corrected chi connectivity index (χ4v) is 3.43. The van der Waals surface area contributed by atoms with Crippen molar-refractivity contribution in [3.8, 4) is 0 Å². The summed E-state index contributed by atoms with van der Waals surface area (Å²) in [5, 5.41) is 2.99. The third kappa shape index (κ3) is 4.45. The van der Waals surface area contributed by atoms with Gasteiger partial charge in [0, 0.05) is 18.1 Å². The molecular formula is C16H33N3O. The lowest BCUT2D eigenvalue weighted by Gasteiger charge is -2.47. The minimum Gasteiger partial charge on any atom is -0.353 e. The minimum atomic E-state index is 0.0364. The summed E-state index contributed by atoms with van der Waals surface area (Å²) in [6.07, 6.45) is 6.02. The van der Waals surface area contributed by atoms with Crippen molar-refractivity contribution in [1.82, 2.24) is 10.2 Å². The van der Waals surface area contributed by atoms with Gasteiger partial charge in [-0.05, 0) is 52.0 Å². The Hall–Kier alpha value is -0.610. The van der Waals surface area contributed by atoms with Gasteiger partial charge in [-0.25, -0.2) is 0 Å². The summed E-state index contributed by atoms with van der Waals surface area (Å²) in [6.45, 7) is 10.4. The van der Waals surface area contributed by atoms with E-state index in [2.05, 4.69) is 24.1 Å². The van der Waals surface area contributed by atoms with Crippen LogP contribution < -0.4 is 11.1 Å². The van der Waals surface area contributed by atoms with E-state index in [1.54, 1.807) is 0 Å². The molecule has 0 unspecified atom stereocenters. The van der Waals surface area contributed by atoms with E-state index in [-0.39, 0.29) is 17.5 Å². The molecule has 1 amide bonds. The number of nitrogens with one attached hydrogen (secondary N) is 1. The summed E-state index contributed by atoms with van der Waals surface area (Å²) in [6, 6.07) is 0.200. The summed E-state index contributed by atoms with van der Waals surface area (Å²) >= 11 is 0. The maximum absolute atomic E-state index is 12.1. The SMILES string of the molecule is CCC1CCC(CN)(N(CC)CC(=O)NC(C)C)CC1. The normalized spacial score (nSPS) is 27.1. The second-order valence-electron chi connectivity index (χ2n) is 6.52. The molecule has 0 atom stereocenters. The first-order valence-electron chi connectivity index (χ1n) is 8.21. The Kier molecular flexibility index (Phi) is 6.96. The van der Waals surface area contributed by atoms with Crippen LogP contribution in [0.3, 0.4) is 0 Å². The summed E-state index contributed by atoms with van der Waals surface area (Å²) < 4.78 is 0. The molecule has 1 fully saturated rings. The number of amides is 1. The van der Waals surface area contributed by atoms with Gasteiger partial charge < -0.3 is 11.1 Å². The highest BCUT2D eigenvalue weighted by Gasteiger charge is 2.38. The molecule has 4 heteroatoms. The average Bonchev–Trinajstić information content (AvgIpc) is 2.44. The lowest BCUT2D eigenvalue weighted by Crippen LogP contribution is -2.58. The summed E-state index contributed by atoms with van der Waals surface area (Å²) in [4.78, 5) is 14.4. The molecule has 1 saturated carbocycles. The topological polar surface area (TPSA) is 58.4 Å². The third-order valence-corrected chi connectivity index (χ3v) is 4.83. The van der Waals surface area contributed by atoms with E-state index >= 15 is 0 Å². The molecule has 4 nitrogen and oxygen atoms in total. The lowest BCUT2D eigenvalue weighted by atomic mass is 9.74. The zero-order valence-corrected chi connectivity index (χ0v) is 13.7. The molecule has 0 spiro atoms. The molecular weight excluding hydrogens is 250 g/mol. The summed E-state index contributed by atoms with van der Waals surface area (Å²) in [5.41, 5.74) is 6.14. The van der Waals surface area contributed by atoms with Crippen molar-refractivity contribution in [2.45, 2.75) is 71.4 Å². The Morgan fingerprint density at radius 2 is 1.95 bits per heavy atom. The monoisotopic (exact) mass is 283 g/mol. The van der Waals surface area contributed by atoms with Gasteiger partial charge in [0.15, 0.2) is 0 Å². The van der Waals surface area contributed by atoms with Crippen molar-refractivity contribution in [2.24, 2.45) is 11.7 Å². The second kappa shape index (κ2) is 7.99. The highest BCUT2D eigenvalue weighted by atomic mass is 16.2. The van der Waals surface area contributed by atoms with Crippen LogP contribution in [0.4, 0.5) is 0 Å². The smallest absolute Gasteiger partial charge is 0.234 e. The second-order valence-corrected chi connectivity index (χ2v) is 6.52. The Morgan fingerprint density at radius 3 is 2.35 bits per heavy atom. The quantitative estimate of drug-likeness (QED) is 0.752. The zero-order valence-electron chi connectivity index (χ0n) is 13.7. The molecule has 0 bridgehead atoms. The predicted octanol–water partition coefficient (Wildman–Crippen LogP) is 2.13. The van der Waals surface area contributed by atoms with Crippen LogP contribution in [-0.2, 0) is 4.79 Å². The van der Waals surface area contributed by atoms with E-state index in [1.165, 1.54) is 19.3 Å². The van der Waals surface area contributed by atoms with Crippen molar-refractivity contribution in [2.75, 3.05) is 19.6 Å². The van der Waals surface area contributed by atoms with Gasteiger partial charge in [-0.2, -0.15) is 0 Å². The van der Waals surface area contributed by atoms with Crippen LogP contribution >= 0.6 is 0 Å². The summed E-state index contributed by atoms with van der Waals surface area (Å²) in [5.74, 6) is 0.963. The van der Waals surface area contributed by atoms with Gasteiger partial charge in [-0.3, -0.25) is 9.69 Å². The highest BCUT2D eigenvalue weighted by Crippen LogP contribution is 2.37. The Labute approximate surface area is 124 Å². The molecule has 1 aliphatic rings. The van der Waals surface area contributed by atoms with E-state index in [0.717, 1.165) is 25.3 Å². The molecule has 0 aliphatic heterocycles. The molecule has 0 aromatic rings. The van der Waals surface area contributed by atoms with Gasteiger partial charge in [0.05, 0.1) is 6.54 Å². The first-order valence-corrected chi connectivity index (χ1v) is 8.21. The van der Waals surface area contributed by atoms with Crippen molar-refractivity contribution < 1.29 is 4.79 Å². The number of nitrogens with zero attached hydrogens (tertiary/aromatic N) is 1. The molecule has 0 saturated heterocycles. The molecule has 1 aliphatic carbocycles. The van der Waals surface area contributed by atoms with E-state index in [4.69, 9.17) is 5.73 Å². The van der Waals surface area contributed by atoms with Gasteiger partial charge >= 0.3 is 0 Å². The maximum Gasteiger partial charge on any atom is 0.234 e. The van der Waals surface area contributed by atoms with Crippen molar-refractivity contribution in [1.29, 1.82) is 0 Å². The van der Waals surface area contributed by atoms with E-state index in [0.29, 0.717) is 13.1 Å². The lowest BCUT2D eigenvalue weighted by molar-refractivity contribution is -0.124. The Morgan fingerprint density at radius 1 is 1.35 bits per heavy atom. The first-order chi connectivity index (χ1) is 9.47. The number of carbonyl (C=O) groups is 1. The molecule has 0 radical (unpaired) electrons. The van der Waals surface area contributed by atoms with E-state index < -0.39 is 0 Å². The van der Waals surface area contributed by atoms with E-state index in [1.807, 2.05) is 13.8 Å². The number of rotatable bonds is 7. The average molecular weight is 283 g/mol. The van der Waals surface area contributed by atoms with Gasteiger partial charge in [0.1, 0.15) is 0 Å². The number of hydrogen-bond donors (Lipinski definition) is 2. The predicted molar refractivity (Wildman–Crippen MR) is 84.6 cm³/mol. The fraction of sp³-hybridized carbons (Fsp3) is 0.938. The molecule has 20 heavy (non-hydrogen) atoms. The van der Waals surface area contributed by atoms with Gasteiger partial charge in [-0.1, -0.05) is 20.3 Å². The van der Waals surface area contributed by atoms with Crippen LogP contribution in [0.1, 0.15) is 59.8 Å². The standard InChI is InChI=1S/C16H33N3O/c1-5-14-7-9-16(12-17,10-8-14)19(6-2)11-15(20)18-13(3)4/h13-14H,5-12,17H2,1-4H3,(H,18,20). The maximum atomic E-state index is 12.1. The van der Waals surface area contributed by atoms with Crippen LogP contribution in [-0.4, -0.2) is 42.0 Å². The number of hydrogen-bond acceptors (Lipinski definition) is 3. The number of likely N-dealkylation sites (N-methyl/N-ethyl adjacent to an activating group) is 1. The zero-order chi connectivity index (χ0) is 15.2. The largest absolute Gasteiger partial charge is 0.353 e. The van der Waals surface area contributed by atoms with Crippen LogP contribution in [0, 0.1) is 5.92 Å². The van der Waals surface area contributed by atoms with Crippen molar-refractivity contribution in [3.63, 3.8) is 0 Å². The molecule has 0 heterocycles. The molecule has 0 aromatic heterocycles. The molecule has 0 aromatic carbocycles. The Bertz CT molecular complexity index is 296. The van der Waals surface area contributed by atoms with Gasteiger partial charge in [0.25, 0.3) is 0 Å². The third-order valence-electron chi connectivity index (χ3n) is 4.83. The summed E-state index contributed by atoms with van der Waals surface area (Å²) in [7, 11) is 0. The first kappa shape index (κ1) is 17.4. The van der Waals surface area contributed by atoms with Crippen LogP contribution in [0.15, 0.2) is 0 Å². The van der Waals surface area contributed by atoms with Gasteiger partial charge in [0.2, 0.25) is 5.91 Å². The van der Waals surface area contributed by atoms with Crippen LogP contribution in [0.2, 0.25) is 0 Å². The van der Waals surface area contributed by atoms with Crippen LogP contribution in [0.5, 0.6) is 0 Å². The van der Waals surface area contributed by atoms with Gasteiger partial charge in [-0.15, -0.1) is 0 Å². The minimum absolute atomic E-state index is 0.0364. The van der Waals surface area contributed by atoms with E-state index in [9.17, 15) is 4.79 Å². The number of nitrogens with two attached hydrogens (primary N) is 1. The Balaban J connectivity index is 2.67. The van der Waals surface area contributed by atoms with Crippen molar-refractivity contribution in [3.05, 3.63) is 0 Å². The molecule has 3 N–H and O–H groups in total. The number of carbonyl (C=O) groups excluding carboxylic acids is 1. The molecule has 118 valence electrons. The molecule has 1 rings (SSSR count). The van der Waals surface area contributed by atoms with Crippen molar-refractivity contribution >= 4 is 5.91 Å². The highest BCUT2D eigenvalue weighted by molar-refractivity contribution is 5.78. The fourth-order valence-electron chi connectivity index (χ4n) is 3.43. The van der Waals surface area contributed by atoms with Crippen LogP contribution in [0.25, 0.3) is 0 Å².